The van der Waals surface area contributed by atoms with Gasteiger partial charge in [-0.1, -0.05) is 103 Å². The van der Waals surface area contributed by atoms with Crippen LogP contribution in [0.3, 0.4) is 0 Å². The Balaban J connectivity index is 0.000000227. The topological polar surface area (TPSA) is 207 Å². The van der Waals surface area contributed by atoms with Crippen molar-refractivity contribution in [1.82, 2.24) is 25.6 Å². The Morgan fingerprint density at radius 2 is 0.933 bits per heavy atom. The summed E-state index contributed by atoms with van der Waals surface area (Å²) in [7, 11) is 4.92. The van der Waals surface area contributed by atoms with E-state index in [9.17, 15) is 9.59 Å². The summed E-state index contributed by atoms with van der Waals surface area (Å²) in [6.45, 7) is 12.3. The third-order valence-electron chi connectivity index (χ3n) is 13.7. The molecule has 15 nitrogen and oxygen atoms in total. The second-order valence-corrected chi connectivity index (χ2v) is 24.2. The molecule has 0 radical (unpaired) electrons. The summed E-state index contributed by atoms with van der Waals surface area (Å²) in [5.74, 6) is 2.59. The van der Waals surface area contributed by atoms with Crippen LogP contribution in [0.25, 0.3) is 32.3 Å². The molecule has 6 aromatic carbocycles. The summed E-state index contributed by atoms with van der Waals surface area (Å²) in [6.07, 6.45) is 13.0. The minimum Gasteiger partial charge on any atom is -0.497 e. The van der Waals surface area contributed by atoms with Gasteiger partial charge in [-0.2, -0.15) is 4.99 Å². The molecule has 0 aliphatic rings. The van der Waals surface area contributed by atoms with Gasteiger partial charge in [0.05, 0.1) is 32.2 Å². The van der Waals surface area contributed by atoms with E-state index in [0.29, 0.717) is 32.5 Å². The average Bonchev–Trinajstić information content (AvgIpc) is 2.11. The van der Waals surface area contributed by atoms with E-state index in [1.54, 1.807) is 33.7 Å². The Kier molecular flexibility index (Phi) is 29.3. The van der Waals surface area contributed by atoms with E-state index in [1.807, 2.05) is 169 Å². The van der Waals surface area contributed by atoms with Gasteiger partial charge in [0.2, 0.25) is 0 Å². The van der Waals surface area contributed by atoms with Gasteiger partial charge in [-0.3, -0.25) is 15.0 Å². The van der Waals surface area contributed by atoms with Crippen molar-refractivity contribution in [2.24, 2.45) is 16.5 Å². The third-order valence-corrected chi connectivity index (χ3v) is 14.4. The van der Waals surface area contributed by atoms with Crippen LogP contribution in [-0.4, -0.2) is 94.2 Å². The SMILES string of the molecule is COc1cccc(C(CN)CC(=S)Cc2ccc3cnccc3c2)c1.COc1cccc(C(CNC(=O)OC(C)(C)C)CC(=S)Cc2ccc3cnccc3c2)c1.COc1cccc(C(N)CNC(=O)OC(C)(C)C)c1.Cl.S=C=Nc1ccc2cnccc2c1. The fourth-order valence-corrected chi connectivity index (χ4v) is 10.1. The van der Waals surface area contributed by atoms with Crippen LogP contribution in [0.15, 0.2) is 188 Å². The molecule has 9 rings (SSSR count). The molecule has 472 valence electrons. The number of aliphatic imine (C=N–C) groups is 1. The summed E-state index contributed by atoms with van der Waals surface area (Å²) in [5, 5.41) is 14.7. The molecule has 3 unspecified atom stereocenters. The lowest BCUT2D eigenvalue weighted by molar-refractivity contribution is 0.0513. The lowest BCUT2D eigenvalue weighted by atomic mass is 9.92. The van der Waals surface area contributed by atoms with Crippen LogP contribution in [-0.2, 0) is 22.3 Å². The molecule has 90 heavy (non-hydrogen) atoms. The number of carbonyl (C=O) groups is 2. The number of nitrogens with two attached hydrogens (primary N) is 2. The summed E-state index contributed by atoms with van der Waals surface area (Å²) in [5.41, 5.74) is 17.3. The minimum atomic E-state index is -0.545. The Bertz CT molecular complexity index is 3860. The van der Waals surface area contributed by atoms with Gasteiger partial charge in [0.1, 0.15) is 28.5 Å². The summed E-state index contributed by atoms with van der Waals surface area (Å²) >= 11 is 16.0. The highest BCUT2D eigenvalue weighted by molar-refractivity contribution is 7.80. The zero-order chi connectivity index (χ0) is 64.3. The van der Waals surface area contributed by atoms with Gasteiger partial charge in [0, 0.05) is 97.1 Å². The van der Waals surface area contributed by atoms with E-state index in [-0.39, 0.29) is 30.3 Å². The van der Waals surface area contributed by atoms with Crippen molar-refractivity contribution in [3.8, 4) is 17.2 Å². The number of ether oxygens (including phenoxy) is 5. The van der Waals surface area contributed by atoms with E-state index in [0.717, 1.165) is 89.1 Å². The number of halogens is 1. The molecule has 19 heteroatoms. The Labute approximate surface area is 551 Å². The molecule has 0 bridgehead atoms. The summed E-state index contributed by atoms with van der Waals surface area (Å²) < 4.78 is 26.4. The highest BCUT2D eigenvalue weighted by Gasteiger charge is 2.21. The maximum atomic E-state index is 12.2. The number of fused-ring (bicyclic) bond motifs is 3. The van der Waals surface area contributed by atoms with Crippen LogP contribution in [0.1, 0.15) is 100 Å². The van der Waals surface area contributed by atoms with Gasteiger partial charge in [0.15, 0.2) is 0 Å². The quantitative estimate of drug-likeness (QED) is 0.0413. The predicted octanol–water partition coefficient (Wildman–Crippen LogP) is 15.8. The van der Waals surface area contributed by atoms with Crippen LogP contribution in [0, 0.1) is 0 Å². The minimum absolute atomic E-state index is 0. The fourth-order valence-electron chi connectivity index (χ4n) is 9.28. The van der Waals surface area contributed by atoms with Crippen LogP contribution >= 0.6 is 49.1 Å². The molecule has 6 N–H and O–H groups in total. The molecule has 3 heterocycles. The first kappa shape index (κ1) is 72.4. The highest BCUT2D eigenvalue weighted by atomic mass is 35.5. The lowest BCUT2D eigenvalue weighted by Crippen LogP contribution is -2.36. The van der Waals surface area contributed by atoms with E-state index in [2.05, 4.69) is 90.4 Å². The van der Waals surface area contributed by atoms with Crippen molar-refractivity contribution < 1.29 is 33.3 Å². The number of carbonyl (C=O) groups excluding carboxylic acids is 2. The van der Waals surface area contributed by atoms with Gasteiger partial charge in [-0.15, -0.1) is 12.4 Å². The lowest BCUT2D eigenvalue weighted by Gasteiger charge is -2.23. The predicted molar refractivity (Wildman–Crippen MR) is 378 cm³/mol. The molecule has 0 saturated heterocycles. The highest BCUT2D eigenvalue weighted by Crippen LogP contribution is 2.28. The van der Waals surface area contributed by atoms with Gasteiger partial charge in [-0.05, 0) is 194 Å². The number of alkyl carbamates (subject to hydrolysis) is 2. The molecule has 0 saturated carbocycles. The third kappa shape index (κ3) is 24.9. The maximum absolute atomic E-state index is 12.2. The van der Waals surface area contributed by atoms with Crippen molar-refractivity contribution >= 4 is 114 Å². The van der Waals surface area contributed by atoms with E-state index >= 15 is 0 Å². The number of nitrogens with one attached hydrogen (secondary N) is 2. The van der Waals surface area contributed by atoms with Crippen molar-refractivity contribution in [3.05, 3.63) is 211 Å². The standard InChI is InChI=1S/C26H30N2O3S.C21H22N2OS.C14H22N2O3.C10H6N2S.ClH/c1-26(2,3)31-25(29)28-17-22(19-6-5-7-23(14-19)30-4)15-24(32)13-18-8-9-21-16-27-11-10-20(21)12-18;1-24-20-4-2-3-16(11-20)19(13-22)12-21(25)10-15-5-6-18-14-23-8-7-17(18)9-15;1-14(2,3)19-13(17)16-9-12(15)10-6-5-7-11(8-10)18-4;13-7-12-10-2-1-9-6-11-4-3-8(9)5-10;/h5-12,14,16,22H,13,15,17H2,1-4H3,(H,28,29);2-9,11,14,19H,10,12-13,22H2,1H3;5-8,12H,9,15H2,1-4H3,(H,16,17);1-6H;1H. The molecule has 3 aromatic heterocycles. The van der Waals surface area contributed by atoms with Gasteiger partial charge in [-0.25, -0.2) is 9.59 Å². The monoisotopic (exact) mass is 1290 g/mol. The Hall–Kier alpha value is -8.32. The van der Waals surface area contributed by atoms with Crippen molar-refractivity contribution in [2.45, 2.75) is 96.3 Å². The number of hydrogen-bond acceptors (Lipinski definition) is 16. The Morgan fingerprint density at radius 3 is 1.37 bits per heavy atom. The summed E-state index contributed by atoms with van der Waals surface area (Å²) in [4.78, 5) is 41.9. The van der Waals surface area contributed by atoms with Gasteiger partial charge >= 0.3 is 12.2 Å². The second-order valence-electron chi connectivity index (χ2n) is 22.9. The summed E-state index contributed by atoms with van der Waals surface area (Å²) in [6, 6.07) is 47.6. The first-order valence-electron chi connectivity index (χ1n) is 29.1. The van der Waals surface area contributed by atoms with Crippen LogP contribution in [0.4, 0.5) is 15.3 Å². The molecular weight excluding hydrogens is 1210 g/mol. The average molecular weight is 1290 g/mol. The van der Waals surface area contributed by atoms with E-state index in [1.165, 1.54) is 16.5 Å². The normalized spacial score (nSPS) is 11.8. The molecular formula is C71H81ClN8O7S3. The van der Waals surface area contributed by atoms with E-state index in [4.69, 9.17) is 59.6 Å². The van der Waals surface area contributed by atoms with E-state index < -0.39 is 23.4 Å². The molecule has 0 fully saturated rings. The number of rotatable bonds is 20. The smallest absolute Gasteiger partial charge is 0.407 e. The van der Waals surface area contributed by atoms with Crippen LogP contribution in [0.2, 0.25) is 0 Å². The van der Waals surface area contributed by atoms with Crippen LogP contribution < -0.4 is 36.3 Å². The first-order chi connectivity index (χ1) is 42.6. The fraction of sp³-hybridized carbons (Fsp3) is 0.296. The molecule has 0 spiro atoms. The first-order valence-corrected chi connectivity index (χ1v) is 30.3. The number of nitrogens with zero attached hydrogens (tertiary/aromatic N) is 4. The Morgan fingerprint density at radius 1 is 0.533 bits per heavy atom. The van der Waals surface area contributed by atoms with Gasteiger partial charge in [0.25, 0.3) is 0 Å². The molecule has 0 aliphatic carbocycles. The van der Waals surface area contributed by atoms with Gasteiger partial charge < -0.3 is 45.8 Å². The van der Waals surface area contributed by atoms with Crippen molar-refractivity contribution in [2.75, 3.05) is 41.0 Å². The van der Waals surface area contributed by atoms with Crippen molar-refractivity contribution in [1.29, 1.82) is 0 Å². The maximum Gasteiger partial charge on any atom is 0.407 e. The molecule has 3 atom stereocenters. The number of pyridine rings is 3. The number of benzene rings is 6. The zero-order valence-corrected chi connectivity index (χ0v) is 55.7. The van der Waals surface area contributed by atoms with Crippen molar-refractivity contribution in [3.63, 3.8) is 0 Å². The number of methoxy groups -OCH3 is 3. The molecule has 2 amide bonds. The molecule has 0 aliphatic heterocycles. The number of isothiocyanates is 1. The second kappa shape index (κ2) is 36.4. The number of amides is 2. The largest absolute Gasteiger partial charge is 0.497 e. The molecule has 9 aromatic rings. The number of hydrogen-bond donors (Lipinski definition) is 4. The number of thiocarbonyl (C=S) groups is 3. The zero-order valence-electron chi connectivity index (χ0n) is 52.4. The number of aromatic nitrogens is 3. The van der Waals surface area contributed by atoms with Crippen LogP contribution in [0.5, 0.6) is 17.2 Å².